The summed E-state index contributed by atoms with van der Waals surface area (Å²) < 4.78 is 6.93. The van der Waals surface area contributed by atoms with E-state index in [0.717, 1.165) is 40.6 Å². The smallest absolute Gasteiger partial charge is 0.262 e. The van der Waals surface area contributed by atoms with Crippen molar-refractivity contribution in [1.82, 2.24) is 19.7 Å². The highest BCUT2D eigenvalue weighted by Gasteiger charge is 2.21. The first-order valence-corrected chi connectivity index (χ1v) is 9.40. The highest BCUT2D eigenvalue weighted by Crippen LogP contribution is 2.34. The van der Waals surface area contributed by atoms with Gasteiger partial charge in [0.25, 0.3) is 5.56 Å². The number of fused-ring (bicyclic) bond motifs is 3. The van der Waals surface area contributed by atoms with Gasteiger partial charge < -0.3 is 4.52 Å². The lowest BCUT2D eigenvalue weighted by molar-refractivity contribution is 0.369. The van der Waals surface area contributed by atoms with Gasteiger partial charge in [0.2, 0.25) is 11.7 Å². The molecule has 0 N–H and O–H groups in total. The predicted molar refractivity (Wildman–Crippen MR) is 99.5 cm³/mol. The summed E-state index contributed by atoms with van der Waals surface area (Å²) in [5.41, 5.74) is 3.17. The molecule has 3 aromatic heterocycles. The molecule has 0 radical (unpaired) electrons. The summed E-state index contributed by atoms with van der Waals surface area (Å²) in [5.74, 6) is 0.940. The zero-order chi connectivity index (χ0) is 17.7. The van der Waals surface area contributed by atoms with Gasteiger partial charge in [-0.2, -0.15) is 4.98 Å². The van der Waals surface area contributed by atoms with Gasteiger partial charge in [0.15, 0.2) is 0 Å². The Balaban J connectivity index is 1.52. The van der Waals surface area contributed by atoms with Crippen LogP contribution in [0.1, 0.15) is 28.3 Å². The van der Waals surface area contributed by atoms with Crippen LogP contribution >= 0.6 is 11.3 Å². The molecule has 0 amide bonds. The van der Waals surface area contributed by atoms with Gasteiger partial charge in [-0.05, 0) is 37.3 Å². The molecule has 4 aromatic rings. The molecule has 0 saturated carbocycles. The standard InChI is InChI=1S/C19H16N4O2S/c1-11-5-2-3-6-12(11)17-21-15(25-22-17)9-23-10-20-18-16(19(23)24)13-7-4-8-14(13)26-18/h2-3,5-6,10H,4,7-9H2,1H3. The third-order valence-corrected chi connectivity index (χ3v) is 6.05. The molecule has 26 heavy (non-hydrogen) atoms. The molecule has 0 unspecified atom stereocenters. The van der Waals surface area contributed by atoms with Crippen LogP contribution < -0.4 is 5.56 Å². The van der Waals surface area contributed by atoms with Crippen molar-refractivity contribution in [2.45, 2.75) is 32.7 Å². The lowest BCUT2D eigenvalue weighted by atomic mass is 10.1. The highest BCUT2D eigenvalue weighted by molar-refractivity contribution is 7.18. The fourth-order valence-corrected chi connectivity index (χ4v) is 4.75. The summed E-state index contributed by atoms with van der Waals surface area (Å²) in [6, 6.07) is 7.88. The molecule has 0 aliphatic heterocycles. The molecule has 6 nitrogen and oxygen atoms in total. The van der Waals surface area contributed by atoms with Crippen LogP contribution in [-0.4, -0.2) is 19.7 Å². The average molecular weight is 364 g/mol. The van der Waals surface area contributed by atoms with Crippen LogP contribution in [-0.2, 0) is 19.4 Å². The summed E-state index contributed by atoms with van der Waals surface area (Å²) in [5, 5.41) is 4.83. The fraction of sp³-hybridized carbons (Fsp3) is 0.263. The van der Waals surface area contributed by atoms with Gasteiger partial charge in [-0.1, -0.05) is 29.4 Å². The van der Waals surface area contributed by atoms with Crippen LogP contribution in [0.2, 0.25) is 0 Å². The van der Waals surface area contributed by atoms with Crippen LogP contribution in [0.5, 0.6) is 0 Å². The SMILES string of the molecule is Cc1ccccc1-c1noc(Cn2cnc3sc4c(c3c2=O)CCC4)n1. The van der Waals surface area contributed by atoms with Crippen molar-refractivity contribution in [3.05, 3.63) is 62.8 Å². The summed E-state index contributed by atoms with van der Waals surface area (Å²) in [6.45, 7) is 2.23. The predicted octanol–water partition coefficient (Wildman–Crippen LogP) is 3.35. The molecule has 7 heteroatoms. The molecule has 0 saturated heterocycles. The van der Waals surface area contributed by atoms with E-state index in [0.29, 0.717) is 11.7 Å². The van der Waals surface area contributed by atoms with Gasteiger partial charge in [0.1, 0.15) is 11.4 Å². The topological polar surface area (TPSA) is 73.8 Å². The number of hydrogen-bond acceptors (Lipinski definition) is 6. The second-order valence-electron chi connectivity index (χ2n) is 6.54. The molecule has 0 fully saturated rings. The van der Waals surface area contributed by atoms with E-state index in [9.17, 15) is 4.79 Å². The molecule has 0 bridgehead atoms. The van der Waals surface area contributed by atoms with E-state index < -0.39 is 0 Å². The van der Waals surface area contributed by atoms with E-state index in [-0.39, 0.29) is 12.1 Å². The Bertz CT molecular complexity index is 1190. The van der Waals surface area contributed by atoms with Crippen molar-refractivity contribution in [2.24, 2.45) is 0 Å². The monoisotopic (exact) mass is 364 g/mol. The van der Waals surface area contributed by atoms with Crippen molar-refractivity contribution >= 4 is 21.6 Å². The quantitative estimate of drug-likeness (QED) is 0.557. The molecule has 130 valence electrons. The third-order valence-electron chi connectivity index (χ3n) is 4.85. The van der Waals surface area contributed by atoms with Gasteiger partial charge >= 0.3 is 0 Å². The molecule has 1 aromatic carbocycles. The van der Waals surface area contributed by atoms with Crippen molar-refractivity contribution in [2.75, 3.05) is 0 Å². The maximum Gasteiger partial charge on any atom is 0.262 e. The van der Waals surface area contributed by atoms with Crippen LogP contribution in [0.25, 0.3) is 21.6 Å². The fourth-order valence-electron chi connectivity index (χ4n) is 3.53. The number of thiophene rings is 1. The Morgan fingerprint density at radius 2 is 2.15 bits per heavy atom. The molecular formula is C19H16N4O2S. The van der Waals surface area contributed by atoms with Crippen LogP contribution in [0, 0.1) is 6.92 Å². The lowest BCUT2D eigenvalue weighted by Crippen LogP contribution is -2.21. The third kappa shape index (κ3) is 2.39. The van der Waals surface area contributed by atoms with E-state index in [1.165, 1.54) is 10.4 Å². The Morgan fingerprint density at radius 1 is 1.27 bits per heavy atom. The van der Waals surface area contributed by atoms with E-state index in [1.807, 2.05) is 31.2 Å². The highest BCUT2D eigenvalue weighted by atomic mass is 32.1. The van der Waals surface area contributed by atoms with Crippen molar-refractivity contribution < 1.29 is 4.52 Å². The first-order chi connectivity index (χ1) is 12.7. The summed E-state index contributed by atoms with van der Waals surface area (Å²) in [7, 11) is 0. The molecule has 0 spiro atoms. The van der Waals surface area contributed by atoms with Crippen LogP contribution in [0.3, 0.4) is 0 Å². The first-order valence-electron chi connectivity index (χ1n) is 8.59. The lowest BCUT2D eigenvalue weighted by Gasteiger charge is -2.02. The normalized spacial score (nSPS) is 13.4. The maximum atomic E-state index is 12.9. The number of aromatic nitrogens is 4. The Labute approximate surface area is 153 Å². The minimum Gasteiger partial charge on any atom is -0.337 e. The number of aryl methyl sites for hydroxylation is 3. The van der Waals surface area contributed by atoms with E-state index in [1.54, 1.807) is 22.2 Å². The number of benzene rings is 1. The summed E-state index contributed by atoms with van der Waals surface area (Å²) >= 11 is 1.64. The maximum absolute atomic E-state index is 12.9. The van der Waals surface area contributed by atoms with Gasteiger partial charge in [-0.25, -0.2) is 4.98 Å². The van der Waals surface area contributed by atoms with Crippen molar-refractivity contribution in [3.63, 3.8) is 0 Å². The van der Waals surface area contributed by atoms with Crippen molar-refractivity contribution in [1.29, 1.82) is 0 Å². The zero-order valence-corrected chi connectivity index (χ0v) is 15.0. The molecule has 1 aliphatic carbocycles. The first kappa shape index (κ1) is 15.5. The van der Waals surface area contributed by atoms with Crippen LogP contribution in [0.15, 0.2) is 39.9 Å². The Hall–Kier alpha value is -2.80. The molecule has 0 atom stereocenters. The molecule has 3 heterocycles. The van der Waals surface area contributed by atoms with Gasteiger partial charge in [-0.3, -0.25) is 9.36 Å². The largest absolute Gasteiger partial charge is 0.337 e. The minimum atomic E-state index is -0.0231. The number of nitrogens with zero attached hydrogens (tertiary/aromatic N) is 4. The van der Waals surface area contributed by atoms with Gasteiger partial charge in [0, 0.05) is 10.4 Å². The molecular weight excluding hydrogens is 348 g/mol. The van der Waals surface area contributed by atoms with E-state index >= 15 is 0 Å². The second kappa shape index (κ2) is 5.88. The van der Waals surface area contributed by atoms with Crippen LogP contribution in [0.4, 0.5) is 0 Å². The average Bonchev–Trinajstić information content (AvgIpc) is 3.33. The Kier molecular flexibility index (Phi) is 3.49. The Morgan fingerprint density at radius 3 is 3.04 bits per heavy atom. The number of rotatable bonds is 3. The van der Waals surface area contributed by atoms with Gasteiger partial charge in [-0.15, -0.1) is 11.3 Å². The van der Waals surface area contributed by atoms with E-state index in [2.05, 4.69) is 15.1 Å². The summed E-state index contributed by atoms with van der Waals surface area (Å²) in [4.78, 5) is 24.0. The van der Waals surface area contributed by atoms with E-state index in [4.69, 9.17) is 4.52 Å². The number of hydrogen-bond donors (Lipinski definition) is 0. The van der Waals surface area contributed by atoms with Gasteiger partial charge in [0.05, 0.1) is 11.7 Å². The molecule has 5 rings (SSSR count). The second-order valence-corrected chi connectivity index (χ2v) is 7.63. The molecule has 1 aliphatic rings. The zero-order valence-electron chi connectivity index (χ0n) is 14.2. The summed E-state index contributed by atoms with van der Waals surface area (Å²) in [6.07, 6.45) is 4.72. The minimum absolute atomic E-state index is 0.0231. The van der Waals surface area contributed by atoms with Crippen molar-refractivity contribution in [3.8, 4) is 11.4 Å².